The van der Waals surface area contributed by atoms with Crippen LogP contribution in [0.25, 0.3) is 5.57 Å². The molecule has 0 aliphatic carbocycles. The van der Waals surface area contributed by atoms with Crippen LogP contribution in [0, 0.1) is 5.92 Å². The first-order valence-corrected chi connectivity index (χ1v) is 14.1. The molecule has 0 fully saturated rings. The average molecular weight is 532 g/mol. The van der Waals surface area contributed by atoms with Gasteiger partial charge in [-0.3, -0.25) is 13.9 Å². The molecule has 38 heavy (non-hydrogen) atoms. The van der Waals surface area contributed by atoms with Crippen molar-refractivity contribution in [1.29, 1.82) is 0 Å². The van der Waals surface area contributed by atoms with E-state index in [9.17, 15) is 18.0 Å². The van der Waals surface area contributed by atoms with Crippen molar-refractivity contribution in [3.8, 4) is 0 Å². The van der Waals surface area contributed by atoms with Gasteiger partial charge < -0.3 is 5.32 Å². The summed E-state index contributed by atoms with van der Waals surface area (Å²) in [5.41, 5.74) is 4.22. The molecule has 8 heteroatoms. The Morgan fingerprint density at radius 3 is 2.32 bits per heavy atom. The zero-order chi connectivity index (χ0) is 27.6. The van der Waals surface area contributed by atoms with Crippen molar-refractivity contribution in [2.75, 3.05) is 12.4 Å². The zero-order valence-corrected chi connectivity index (χ0v) is 23.2. The van der Waals surface area contributed by atoms with Crippen LogP contribution in [-0.4, -0.2) is 36.4 Å². The second kappa shape index (κ2) is 10.9. The number of sulfonamides is 1. The minimum atomic E-state index is -3.83. The van der Waals surface area contributed by atoms with E-state index < -0.39 is 15.9 Å². The lowest BCUT2D eigenvalue weighted by Crippen LogP contribution is -2.37. The molecule has 1 aliphatic rings. The van der Waals surface area contributed by atoms with Crippen LogP contribution in [0.15, 0.2) is 77.3 Å². The van der Waals surface area contributed by atoms with Gasteiger partial charge in [-0.25, -0.2) is 13.4 Å². The molecule has 0 saturated heterocycles. The van der Waals surface area contributed by atoms with Gasteiger partial charge in [0.15, 0.2) is 0 Å². The average Bonchev–Trinajstić information content (AvgIpc) is 2.88. The number of hydrogen-bond donors (Lipinski definition) is 1. The third-order valence-electron chi connectivity index (χ3n) is 7.09. The lowest BCUT2D eigenvalue weighted by Gasteiger charge is -2.29. The van der Waals surface area contributed by atoms with Crippen molar-refractivity contribution in [2.24, 2.45) is 5.92 Å². The number of anilines is 1. The highest BCUT2D eigenvalue weighted by Gasteiger charge is 2.35. The van der Waals surface area contributed by atoms with Gasteiger partial charge in [-0.2, -0.15) is 0 Å². The molecule has 0 saturated carbocycles. The minimum absolute atomic E-state index is 0.0757. The van der Waals surface area contributed by atoms with Crippen molar-refractivity contribution in [3.05, 3.63) is 94.8 Å². The minimum Gasteiger partial charge on any atom is -0.305 e. The van der Waals surface area contributed by atoms with Gasteiger partial charge in [0.25, 0.3) is 15.9 Å². The third-order valence-corrected chi connectivity index (χ3v) is 8.91. The van der Waals surface area contributed by atoms with Gasteiger partial charge in [0.2, 0.25) is 0 Å². The maximum atomic E-state index is 13.2. The molecular formula is C30H33N3O4S. The molecule has 0 spiro atoms. The fourth-order valence-corrected chi connectivity index (χ4v) is 6.30. The van der Waals surface area contributed by atoms with Gasteiger partial charge in [-0.05, 0) is 67.5 Å². The number of fused-ring (bicyclic) bond motifs is 1. The van der Waals surface area contributed by atoms with Crippen molar-refractivity contribution in [3.63, 3.8) is 0 Å². The van der Waals surface area contributed by atoms with E-state index in [1.807, 2.05) is 31.2 Å². The standard InChI is InChI=1S/C30H33N3O4S/c1-19(17-23-13-15-24(16-14-23)20(2)22(4)34)18-25-9-8-12-28(31-25)32-30(35)29-21(3)26-10-6-7-11-27(26)38(36,37)33(29)5/h6-16,19-20H,17-18H2,1-5H3,(H,31,32,35). The first-order chi connectivity index (χ1) is 18.0. The van der Waals surface area contributed by atoms with Gasteiger partial charge in [0, 0.05) is 24.2 Å². The Kier molecular flexibility index (Phi) is 7.83. The highest BCUT2D eigenvalue weighted by atomic mass is 32.2. The highest BCUT2D eigenvalue weighted by molar-refractivity contribution is 7.89. The Labute approximate surface area is 224 Å². The molecule has 198 valence electrons. The van der Waals surface area contributed by atoms with Crippen molar-refractivity contribution in [2.45, 2.75) is 51.3 Å². The normalized spacial score (nSPS) is 16.0. The number of amides is 1. The van der Waals surface area contributed by atoms with Crippen molar-refractivity contribution < 1.29 is 18.0 Å². The molecule has 2 unspecified atom stereocenters. The van der Waals surface area contributed by atoms with Crippen LogP contribution in [0.5, 0.6) is 0 Å². The Hall–Kier alpha value is -3.78. The second-order valence-corrected chi connectivity index (χ2v) is 11.9. The highest BCUT2D eigenvalue weighted by Crippen LogP contribution is 2.35. The number of nitrogens with zero attached hydrogens (tertiary/aromatic N) is 2. The van der Waals surface area contributed by atoms with Crippen LogP contribution in [0.3, 0.4) is 0 Å². The van der Waals surface area contributed by atoms with E-state index in [0.29, 0.717) is 29.3 Å². The number of allylic oxidation sites excluding steroid dienone is 1. The van der Waals surface area contributed by atoms with E-state index >= 15 is 0 Å². The van der Waals surface area contributed by atoms with Gasteiger partial charge in [-0.1, -0.05) is 62.4 Å². The fraction of sp³-hybridized carbons (Fsp3) is 0.300. The Balaban J connectivity index is 1.46. The summed E-state index contributed by atoms with van der Waals surface area (Å²) < 4.78 is 27.0. The lowest BCUT2D eigenvalue weighted by molar-refractivity contribution is -0.118. The van der Waals surface area contributed by atoms with Crippen LogP contribution in [0.1, 0.15) is 56.0 Å². The molecule has 4 rings (SSSR count). The summed E-state index contributed by atoms with van der Waals surface area (Å²) in [7, 11) is -2.44. The molecule has 1 aliphatic heterocycles. The molecule has 2 atom stereocenters. The number of nitrogens with one attached hydrogen (secondary N) is 1. The number of Topliss-reactive ketones (excluding diaryl/α,β-unsaturated/α-hetero) is 1. The summed E-state index contributed by atoms with van der Waals surface area (Å²) in [6.45, 7) is 7.42. The van der Waals surface area contributed by atoms with E-state index in [1.54, 1.807) is 44.2 Å². The number of pyridine rings is 1. The number of likely N-dealkylation sites (N-methyl/N-ethyl adjacent to an activating group) is 1. The van der Waals surface area contributed by atoms with Crippen LogP contribution < -0.4 is 5.32 Å². The summed E-state index contributed by atoms with van der Waals surface area (Å²) >= 11 is 0. The number of hydrogen-bond acceptors (Lipinski definition) is 5. The van der Waals surface area contributed by atoms with E-state index in [1.165, 1.54) is 12.6 Å². The molecule has 2 heterocycles. The smallest absolute Gasteiger partial charge is 0.274 e. The molecule has 3 aromatic rings. The topological polar surface area (TPSA) is 96.4 Å². The molecule has 1 N–H and O–H groups in total. The molecule has 0 radical (unpaired) electrons. The molecule has 2 aromatic carbocycles. The van der Waals surface area contributed by atoms with Gasteiger partial charge in [0.1, 0.15) is 17.3 Å². The van der Waals surface area contributed by atoms with E-state index in [2.05, 4.69) is 29.4 Å². The molecule has 1 amide bonds. The second-order valence-electron chi connectivity index (χ2n) is 10.00. The molecule has 1 aromatic heterocycles. The number of ketones is 1. The lowest BCUT2D eigenvalue weighted by atomic mass is 9.93. The number of aromatic nitrogens is 1. The number of carbonyl (C=O) groups is 2. The number of benzene rings is 2. The van der Waals surface area contributed by atoms with E-state index in [-0.39, 0.29) is 22.3 Å². The van der Waals surface area contributed by atoms with Crippen LogP contribution in [0.2, 0.25) is 0 Å². The van der Waals surface area contributed by atoms with E-state index in [0.717, 1.165) is 22.0 Å². The molecule has 0 bridgehead atoms. The Bertz CT molecular complexity index is 1510. The van der Waals surface area contributed by atoms with Crippen molar-refractivity contribution >= 4 is 33.1 Å². The maximum absolute atomic E-state index is 13.2. The zero-order valence-electron chi connectivity index (χ0n) is 22.4. The van der Waals surface area contributed by atoms with Gasteiger partial charge >= 0.3 is 0 Å². The van der Waals surface area contributed by atoms with Gasteiger partial charge in [-0.15, -0.1) is 0 Å². The Morgan fingerprint density at radius 2 is 1.63 bits per heavy atom. The SMILES string of the molecule is CC(=O)C(C)c1ccc(CC(C)Cc2cccc(NC(=O)C3=C(C)c4ccccc4S(=O)(=O)N3C)n2)cc1. The van der Waals surface area contributed by atoms with E-state index in [4.69, 9.17) is 0 Å². The third kappa shape index (κ3) is 5.55. The monoisotopic (exact) mass is 531 g/mol. The van der Waals surface area contributed by atoms with Crippen LogP contribution in [-0.2, 0) is 32.5 Å². The maximum Gasteiger partial charge on any atom is 0.274 e. The summed E-state index contributed by atoms with van der Waals surface area (Å²) in [6.07, 6.45) is 1.56. The van der Waals surface area contributed by atoms with Crippen LogP contribution >= 0.6 is 0 Å². The van der Waals surface area contributed by atoms with Crippen molar-refractivity contribution in [1.82, 2.24) is 9.29 Å². The molecular weight excluding hydrogens is 498 g/mol. The summed E-state index contributed by atoms with van der Waals surface area (Å²) in [5, 5.41) is 2.79. The number of rotatable bonds is 8. The quantitative estimate of drug-likeness (QED) is 0.431. The number of carbonyl (C=O) groups excluding carboxylic acids is 2. The summed E-state index contributed by atoms with van der Waals surface area (Å²) in [6, 6.07) is 20.3. The summed E-state index contributed by atoms with van der Waals surface area (Å²) in [4.78, 5) is 29.7. The van der Waals surface area contributed by atoms with Gasteiger partial charge in [0.05, 0.1) is 4.90 Å². The first kappa shape index (κ1) is 27.3. The predicted molar refractivity (Wildman–Crippen MR) is 149 cm³/mol. The summed E-state index contributed by atoms with van der Waals surface area (Å²) in [5.74, 6) is 0.178. The molecule has 7 nitrogen and oxygen atoms in total. The first-order valence-electron chi connectivity index (χ1n) is 12.6. The largest absolute Gasteiger partial charge is 0.305 e. The fourth-order valence-electron chi connectivity index (χ4n) is 4.79. The Morgan fingerprint density at radius 1 is 0.947 bits per heavy atom. The predicted octanol–water partition coefficient (Wildman–Crippen LogP) is 5.20. The van der Waals surface area contributed by atoms with Crippen LogP contribution in [0.4, 0.5) is 5.82 Å².